The highest BCUT2D eigenvalue weighted by molar-refractivity contribution is 7.99. The Bertz CT molecular complexity index is 375. The molecule has 0 spiro atoms. The third-order valence-corrected chi connectivity index (χ3v) is 4.52. The molecular weight excluding hydrogens is 212 g/mol. The summed E-state index contributed by atoms with van der Waals surface area (Å²) >= 11 is 1.74. The zero-order valence-corrected chi connectivity index (χ0v) is 9.46. The molecule has 0 aromatic carbocycles. The second-order valence-electron chi connectivity index (χ2n) is 4.73. The molecule has 2 unspecified atom stereocenters. The van der Waals surface area contributed by atoms with Crippen LogP contribution in [-0.4, -0.2) is 32.9 Å². The minimum absolute atomic E-state index is 0.0404. The van der Waals surface area contributed by atoms with E-state index in [0.717, 1.165) is 30.2 Å². The summed E-state index contributed by atoms with van der Waals surface area (Å²) in [5, 5.41) is 13.7. The van der Waals surface area contributed by atoms with Crippen LogP contribution in [0.2, 0.25) is 0 Å². The number of aliphatic hydroxyl groups excluding tert-OH is 1. The van der Waals surface area contributed by atoms with Crippen LogP contribution in [0.5, 0.6) is 0 Å². The number of aliphatic hydroxyl groups is 1. The van der Waals surface area contributed by atoms with E-state index in [1.165, 1.54) is 0 Å². The Hall–Kier alpha value is -0.550. The minimum atomic E-state index is -0.324. The van der Waals surface area contributed by atoms with Gasteiger partial charge in [0.05, 0.1) is 12.0 Å². The number of hydrogen-bond acceptors (Lipinski definition) is 5. The van der Waals surface area contributed by atoms with E-state index in [-0.39, 0.29) is 17.4 Å². The lowest BCUT2D eigenvalue weighted by Crippen LogP contribution is -2.16. The largest absolute Gasteiger partial charge is 0.391 e. The van der Waals surface area contributed by atoms with Gasteiger partial charge in [-0.15, -0.1) is 0 Å². The van der Waals surface area contributed by atoms with Crippen LogP contribution in [-0.2, 0) is 5.41 Å². The molecule has 15 heavy (non-hydrogen) atoms. The van der Waals surface area contributed by atoms with E-state index >= 15 is 0 Å². The molecule has 2 heterocycles. The van der Waals surface area contributed by atoms with Gasteiger partial charge in [0, 0.05) is 16.9 Å². The molecule has 3 rings (SSSR count). The van der Waals surface area contributed by atoms with E-state index in [1.54, 1.807) is 11.8 Å². The van der Waals surface area contributed by atoms with Gasteiger partial charge in [0.15, 0.2) is 5.82 Å². The first kappa shape index (κ1) is 9.66. The van der Waals surface area contributed by atoms with Crippen molar-refractivity contribution in [1.82, 2.24) is 10.1 Å². The van der Waals surface area contributed by atoms with Crippen LogP contribution in [0, 0.1) is 0 Å². The Morgan fingerprint density at radius 2 is 2.27 bits per heavy atom. The van der Waals surface area contributed by atoms with Crippen molar-refractivity contribution in [2.75, 3.05) is 11.5 Å². The molecule has 1 aliphatic carbocycles. The van der Waals surface area contributed by atoms with Crippen LogP contribution in [0.4, 0.5) is 0 Å². The molecule has 82 valence electrons. The van der Waals surface area contributed by atoms with Crippen LogP contribution in [0.25, 0.3) is 0 Å². The first-order chi connectivity index (χ1) is 7.19. The first-order valence-electron chi connectivity index (χ1n) is 5.29. The van der Waals surface area contributed by atoms with Gasteiger partial charge in [0.1, 0.15) is 0 Å². The van der Waals surface area contributed by atoms with Crippen LogP contribution >= 0.6 is 11.8 Å². The molecule has 1 aliphatic heterocycles. The molecule has 2 atom stereocenters. The standard InChI is InChI=1S/C10H14N2O2S/c1-10(2-3-10)9-11-8(14-12-9)6-4-15-5-7(6)13/h6-7,13H,2-5H2,1H3. The van der Waals surface area contributed by atoms with Crippen molar-refractivity contribution in [2.24, 2.45) is 0 Å². The summed E-state index contributed by atoms with van der Waals surface area (Å²) in [6, 6.07) is 0. The summed E-state index contributed by atoms with van der Waals surface area (Å²) in [5.41, 5.74) is 0.151. The highest BCUT2D eigenvalue weighted by atomic mass is 32.2. The van der Waals surface area contributed by atoms with Crippen molar-refractivity contribution >= 4 is 11.8 Å². The quantitative estimate of drug-likeness (QED) is 0.824. The maximum Gasteiger partial charge on any atom is 0.233 e. The van der Waals surface area contributed by atoms with Gasteiger partial charge >= 0.3 is 0 Å². The third kappa shape index (κ3) is 1.58. The molecule has 2 aliphatic rings. The number of aromatic nitrogens is 2. The van der Waals surface area contributed by atoms with E-state index in [9.17, 15) is 5.11 Å². The zero-order chi connectivity index (χ0) is 10.5. The number of nitrogens with zero attached hydrogens (tertiary/aromatic N) is 2. The molecule has 1 aromatic rings. The van der Waals surface area contributed by atoms with E-state index in [2.05, 4.69) is 17.1 Å². The summed E-state index contributed by atoms with van der Waals surface area (Å²) in [6.07, 6.45) is 1.97. The van der Waals surface area contributed by atoms with E-state index in [0.29, 0.717) is 5.89 Å². The van der Waals surface area contributed by atoms with Crippen LogP contribution in [0.15, 0.2) is 4.52 Å². The fraction of sp³-hybridized carbons (Fsp3) is 0.800. The van der Waals surface area contributed by atoms with Crippen molar-refractivity contribution in [3.8, 4) is 0 Å². The number of rotatable bonds is 2. The van der Waals surface area contributed by atoms with Crippen LogP contribution in [0.1, 0.15) is 37.4 Å². The summed E-state index contributed by atoms with van der Waals surface area (Å²) in [5.74, 6) is 3.15. The smallest absolute Gasteiger partial charge is 0.233 e. The number of thioether (sulfide) groups is 1. The van der Waals surface area contributed by atoms with Crippen molar-refractivity contribution < 1.29 is 9.63 Å². The molecule has 1 saturated carbocycles. The predicted octanol–water partition coefficient (Wildman–Crippen LogP) is 1.31. The van der Waals surface area contributed by atoms with Crippen LogP contribution < -0.4 is 0 Å². The monoisotopic (exact) mass is 226 g/mol. The van der Waals surface area contributed by atoms with Gasteiger partial charge in [-0.1, -0.05) is 12.1 Å². The van der Waals surface area contributed by atoms with Gasteiger partial charge < -0.3 is 9.63 Å². The van der Waals surface area contributed by atoms with E-state index in [4.69, 9.17) is 4.52 Å². The van der Waals surface area contributed by atoms with Crippen LogP contribution in [0.3, 0.4) is 0 Å². The molecule has 0 amide bonds. The number of hydrogen-bond donors (Lipinski definition) is 1. The summed E-state index contributed by atoms with van der Waals surface area (Å²) < 4.78 is 5.25. The Kier molecular flexibility index (Phi) is 2.07. The lowest BCUT2D eigenvalue weighted by Gasteiger charge is -2.06. The fourth-order valence-electron chi connectivity index (χ4n) is 1.82. The Balaban J connectivity index is 1.84. The van der Waals surface area contributed by atoms with Gasteiger partial charge in [0.2, 0.25) is 5.89 Å². The van der Waals surface area contributed by atoms with Gasteiger partial charge in [-0.25, -0.2) is 0 Å². The molecule has 0 bridgehead atoms. The molecule has 1 aromatic heterocycles. The highest BCUT2D eigenvalue weighted by Gasteiger charge is 2.44. The normalized spacial score (nSPS) is 33.2. The van der Waals surface area contributed by atoms with Gasteiger partial charge in [0.25, 0.3) is 0 Å². The predicted molar refractivity (Wildman–Crippen MR) is 57.0 cm³/mol. The van der Waals surface area contributed by atoms with E-state index in [1.807, 2.05) is 0 Å². The minimum Gasteiger partial charge on any atom is -0.391 e. The first-order valence-corrected chi connectivity index (χ1v) is 6.44. The average molecular weight is 226 g/mol. The SMILES string of the molecule is CC1(c2noc(C3CSCC3O)n2)CC1. The van der Waals surface area contributed by atoms with Gasteiger partial charge in [-0.3, -0.25) is 0 Å². The molecule has 4 nitrogen and oxygen atoms in total. The topological polar surface area (TPSA) is 59.2 Å². The van der Waals surface area contributed by atoms with Crippen molar-refractivity contribution in [3.05, 3.63) is 11.7 Å². The van der Waals surface area contributed by atoms with Crippen molar-refractivity contribution in [2.45, 2.75) is 37.2 Å². The Morgan fingerprint density at radius 1 is 1.47 bits per heavy atom. The van der Waals surface area contributed by atoms with Gasteiger partial charge in [-0.05, 0) is 12.8 Å². The maximum atomic E-state index is 9.72. The summed E-state index contributed by atoms with van der Waals surface area (Å²) in [6.45, 7) is 2.15. The molecule has 5 heteroatoms. The average Bonchev–Trinajstić information content (AvgIpc) is 2.70. The fourth-order valence-corrected chi connectivity index (χ4v) is 3.05. The maximum absolute atomic E-state index is 9.72. The van der Waals surface area contributed by atoms with Crippen molar-refractivity contribution in [3.63, 3.8) is 0 Å². The van der Waals surface area contributed by atoms with Gasteiger partial charge in [-0.2, -0.15) is 16.7 Å². The molecule has 1 N–H and O–H groups in total. The third-order valence-electron chi connectivity index (χ3n) is 3.35. The molecule has 0 radical (unpaired) electrons. The Labute approximate surface area is 92.4 Å². The molecule has 2 fully saturated rings. The lowest BCUT2D eigenvalue weighted by molar-refractivity contribution is 0.164. The van der Waals surface area contributed by atoms with Crippen molar-refractivity contribution in [1.29, 1.82) is 0 Å². The second-order valence-corrected chi connectivity index (χ2v) is 5.80. The summed E-state index contributed by atoms with van der Waals surface area (Å²) in [4.78, 5) is 4.43. The summed E-state index contributed by atoms with van der Waals surface area (Å²) in [7, 11) is 0. The molecule has 1 saturated heterocycles. The second kappa shape index (κ2) is 3.22. The van der Waals surface area contributed by atoms with E-state index < -0.39 is 0 Å². The molecular formula is C10H14N2O2S. The lowest BCUT2D eigenvalue weighted by atomic mass is 10.1. The highest BCUT2D eigenvalue weighted by Crippen LogP contribution is 2.46. The zero-order valence-electron chi connectivity index (χ0n) is 8.64. The Morgan fingerprint density at radius 3 is 2.87 bits per heavy atom.